The number of nitrogens with one attached hydrogen (secondary N) is 1. The number of aryl methyl sites for hydroxylation is 2. The largest absolute Gasteiger partial charge is 0.322 e. The number of carbonyl (C=O) groups is 1. The van der Waals surface area contributed by atoms with Crippen LogP contribution in [0.5, 0.6) is 0 Å². The summed E-state index contributed by atoms with van der Waals surface area (Å²) in [4.78, 5) is 12.5. The Balaban J connectivity index is 1.84. The molecule has 0 unspecified atom stereocenters. The predicted octanol–water partition coefficient (Wildman–Crippen LogP) is 5.18. The molecule has 156 valence electrons. The van der Waals surface area contributed by atoms with Crippen LogP contribution in [0.1, 0.15) is 27.0 Å². The lowest BCUT2D eigenvalue weighted by Gasteiger charge is -2.23. The average molecular weight is 443 g/mol. The first-order valence-electron chi connectivity index (χ1n) is 9.34. The number of anilines is 2. The Kier molecular flexibility index (Phi) is 6.48. The number of rotatable bonds is 6. The maximum atomic E-state index is 12.5. The molecule has 3 rings (SSSR count). The van der Waals surface area contributed by atoms with Crippen molar-refractivity contribution in [2.45, 2.75) is 20.4 Å². The highest BCUT2D eigenvalue weighted by Crippen LogP contribution is 2.24. The van der Waals surface area contributed by atoms with Crippen LogP contribution in [-0.4, -0.2) is 20.6 Å². The van der Waals surface area contributed by atoms with Crippen molar-refractivity contribution < 1.29 is 13.2 Å². The Labute approximate surface area is 182 Å². The third-order valence-corrected chi connectivity index (χ3v) is 6.15. The molecule has 0 atom stereocenters. The molecule has 0 saturated heterocycles. The molecule has 5 nitrogen and oxygen atoms in total. The van der Waals surface area contributed by atoms with Gasteiger partial charge in [-0.15, -0.1) is 0 Å². The highest BCUT2D eigenvalue weighted by molar-refractivity contribution is 7.92. The maximum absolute atomic E-state index is 12.5. The number of amides is 1. The van der Waals surface area contributed by atoms with Crippen LogP contribution in [-0.2, 0) is 16.6 Å². The Morgan fingerprint density at radius 1 is 0.967 bits per heavy atom. The van der Waals surface area contributed by atoms with Crippen molar-refractivity contribution >= 4 is 38.9 Å². The molecule has 0 bridgehead atoms. The SMILES string of the molecule is Cc1ccc(N(Cc2cccc(NC(=O)c3cccc(Cl)c3)c2)S(C)(=O)=O)cc1C. The van der Waals surface area contributed by atoms with Crippen molar-refractivity contribution in [3.05, 3.63) is 94.0 Å². The number of nitrogens with zero attached hydrogens (tertiary/aromatic N) is 1. The third-order valence-electron chi connectivity index (χ3n) is 4.78. The van der Waals surface area contributed by atoms with E-state index < -0.39 is 10.0 Å². The highest BCUT2D eigenvalue weighted by atomic mass is 35.5. The normalized spacial score (nSPS) is 11.2. The van der Waals surface area contributed by atoms with E-state index in [0.717, 1.165) is 16.7 Å². The van der Waals surface area contributed by atoms with Crippen LogP contribution in [0.4, 0.5) is 11.4 Å². The summed E-state index contributed by atoms with van der Waals surface area (Å²) in [5.74, 6) is -0.288. The maximum Gasteiger partial charge on any atom is 0.255 e. The second-order valence-corrected chi connectivity index (χ2v) is 9.55. The second-order valence-electron chi connectivity index (χ2n) is 7.20. The van der Waals surface area contributed by atoms with Crippen molar-refractivity contribution in [3.8, 4) is 0 Å². The van der Waals surface area contributed by atoms with Gasteiger partial charge in [-0.2, -0.15) is 0 Å². The summed E-state index contributed by atoms with van der Waals surface area (Å²) in [6, 6.07) is 19.4. The van der Waals surface area contributed by atoms with Gasteiger partial charge >= 0.3 is 0 Å². The number of hydrogen-bond acceptors (Lipinski definition) is 3. The minimum absolute atomic E-state index is 0.155. The van der Waals surface area contributed by atoms with Crippen LogP contribution in [0.15, 0.2) is 66.7 Å². The Hall–Kier alpha value is -2.83. The molecule has 0 aliphatic heterocycles. The molecule has 0 fully saturated rings. The quantitative estimate of drug-likeness (QED) is 0.572. The van der Waals surface area contributed by atoms with E-state index in [1.807, 2.05) is 32.0 Å². The lowest BCUT2D eigenvalue weighted by Crippen LogP contribution is -2.29. The van der Waals surface area contributed by atoms with Crippen molar-refractivity contribution in [2.75, 3.05) is 15.9 Å². The van der Waals surface area contributed by atoms with Crippen LogP contribution >= 0.6 is 11.6 Å². The molecule has 30 heavy (non-hydrogen) atoms. The molecule has 0 aromatic heterocycles. The van der Waals surface area contributed by atoms with Crippen molar-refractivity contribution in [3.63, 3.8) is 0 Å². The van der Waals surface area contributed by atoms with Gasteiger partial charge in [0.05, 0.1) is 18.5 Å². The summed E-state index contributed by atoms with van der Waals surface area (Å²) in [5.41, 5.74) is 4.49. The molecule has 0 aliphatic rings. The summed E-state index contributed by atoms with van der Waals surface area (Å²) in [6.07, 6.45) is 1.19. The van der Waals surface area contributed by atoms with Gasteiger partial charge in [0.15, 0.2) is 0 Å². The Morgan fingerprint density at radius 3 is 2.37 bits per heavy atom. The van der Waals surface area contributed by atoms with Crippen LogP contribution in [0, 0.1) is 13.8 Å². The van der Waals surface area contributed by atoms with E-state index in [0.29, 0.717) is 22.0 Å². The molecule has 3 aromatic rings. The number of carbonyl (C=O) groups excluding carboxylic acids is 1. The molecule has 3 aromatic carbocycles. The molecule has 0 saturated carbocycles. The Morgan fingerprint density at radius 2 is 1.70 bits per heavy atom. The summed E-state index contributed by atoms with van der Waals surface area (Å²) >= 11 is 5.95. The van der Waals surface area contributed by atoms with Crippen molar-refractivity contribution in [1.82, 2.24) is 0 Å². The fraction of sp³-hybridized carbons (Fsp3) is 0.174. The van der Waals surface area contributed by atoms with Crippen LogP contribution in [0.3, 0.4) is 0 Å². The minimum Gasteiger partial charge on any atom is -0.322 e. The van der Waals surface area contributed by atoms with Gasteiger partial charge in [0, 0.05) is 16.3 Å². The fourth-order valence-electron chi connectivity index (χ4n) is 3.03. The van der Waals surface area contributed by atoms with Gasteiger partial charge in [-0.3, -0.25) is 9.10 Å². The molecule has 0 spiro atoms. The minimum atomic E-state index is -3.50. The fourth-order valence-corrected chi connectivity index (χ4v) is 4.10. The summed E-state index contributed by atoms with van der Waals surface area (Å²) in [5, 5.41) is 3.31. The molecular formula is C23H23ClN2O3S. The zero-order valence-corrected chi connectivity index (χ0v) is 18.6. The van der Waals surface area contributed by atoms with Gasteiger partial charge < -0.3 is 5.32 Å². The summed E-state index contributed by atoms with van der Waals surface area (Å²) < 4.78 is 26.3. The van der Waals surface area contributed by atoms with Gasteiger partial charge in [-0.05, 0) is 73.0 Å². The van der Waals surface area contributed by atoms with Gasteiger partial charge in [-0.1, -0.05) is 35.9 Å². The zero-order chi connectivity index (χ0) is 21.9. The second kappa shape index (κ2) is 8.90. The Bertz CT molecular complexity index is 1190. The molecule has 0 heterocycles. The van der Waals surface area contributed by atoms with Gasteiger partial charge in [-0.25, -0.2) is 8.42 Å². The number of hydrogen-bond donors (Lipinski definition) is 1. The number of halogens is 1. The van der Waals surface area contributed by atoms with E-state index in [1.54, 1.807) is 48.5 Å². The molecule has 0 radical (unpaired) electrons. The standard InChI is InChI=1S/C23H23ClN2O3S/c1-16-10-11-22(12-17(16)2)26(30(3,28)29)15-18-6-4-9-21(13-18)25-23(27)19-7-5-8-20(24)14-19/h4-14H,15H2,1-3H3,(H,25,27). The first-order valence-corrected chi connectivity index (χ1v) is 11.6. The predicted molar refractivity (Wildman–Crippen MR) is 123 cm³/mol. The van der Waals surface area contributed by atoms with Crippen molar-refractivity contribution in [1.29, 1.82) is 0 Å². The van der Waals surface area contributed by atoms with E-state index in [2.05, 4.69) is 5.32 Å². The molecule has 0 aliphatic carbocycles. The number of sulfonamides is 1. The van der Waals surface area contributed by atoms with Crippen molar-refractivity contribution in [2.24, 2.45) is 0 Å². The molecule has 1 amide bonds. The molecule has 1 N–H and O–H groups in total. The summed E-state index contributed by atoms with van der Waals surface area (Å²) in [6.45, 7) is 4.09. The zero-order valence-electron chi connectivity index (χ0n) is 17.0. The topological polar surface area (TPSA) is 66.5 Å². The van der Waals surface area contributed by atoms with Crippen LogP contribution < -0.4 is 9.62 Å². The van der Waals surface area contributed by atoms with Gasteiger partial charge in [0.1, 0.15) is 0 Å². The molecular weight excluding hydrogens is 420 g/mol. The van der Waals surface area contributed by atoms with E-state index >= 15 is 0 Å². The lowest BCUT2D eigenvalue weighted by atomic mass is 10.1. The third kappa shape index (κ3) is 5.40. The van der Waals surface area contributed by atoms with E-state index in [1.165, 1.54) is 10.6 Å². The summed E-state index contributed by atoms with van der Waals surface area (Å²) in [7, 11) is -3.50. The van der Waals surface area contributed by atoms with E-state index in [-0.39, 0.29) is 12.5 Å². The average Bonchev–Trinajstić information content (AvgIpc) is 2.68. The lowest BCUT2D eigenvalue weighted by molar-refractivity contribution is 0.102. The first-order chi connectivity index (χ1) is 14.1. The van der Waals surface area contributed by atoms with E-state index in [9.17, 15) is 13.2 Å². The van der Waals surface area contributed by atoms with Gasteiger partial charge in [0.25, 0.3) is 5.91 Å². The van der Waals surface area contributed by atoms with Gasteiger partial charge in [0.2, 0.25) is 10.0 Å². The monoisotopic (exact) mass is 442 g/mol. The number of benzene rings is 3. The smallest absolute Gasteiger partial charge is 0.255 e. The van der Waals surface area contributed by atoms with Crippen LogP contribution in [0.25, 0.3) is 0 Å². The first kappa shape index (κ1) is 21.9. The van der Waals surface area contributed by atoms with E-state index in [4.69, 9.17) is 11.6 Å². The van der Waals surface area contributed by atoms with Crippen LogP contribution in [0.2, 0.25) is 5.02 Å². The highest BCUT2D eigenvalue weighted by Gasteiger charge is 2.19. The molecule has 7 heteroatoms.